The second-order valence-corrected chi connectivity index (χ2v) is 15.9. The standard InChI is InChI=1S/C42H32Cl6N8O6/c1-19-13-27(49-41(61)37(21(3)57)55-53-34-15-23(5-9-30(34)47)39(59)50-32-17-25(43)7-11-28(32)45)14-20(2)36(19)52-42(62)38(22(4)58)56-54-35-16-24(6-10-31(35)48)40(60)51-33-18-26(44)8-12-29(33)46/h5-18,37-38H,1-4H3,(H,49,61)(H,50,59)(H,51,60)(H,52,62). The van der Waals surface area contributed by atoms with Crippen LogP contribution < -0.4 is 21.3 Å². The van der Waals surface area contributed by atoms with Crippen molar-refractivity contribution in [2.24, 2.45) is 20.5 Å². The Labute approximate surface area is 384 Å². The van der Waals surface area contributed by atoms with Crippen LogP contribution in [0.25, 0.3) is 0 Å². The minimum atomic E-state index is -1.61. The molecule has 318 valence electrons. The molecule has 4 amide bonds. The summed E-state index contributed by atoms with van der Waals surface area (Å²) in [5.74, 6) is -4.07. The number of aryl methyl sites for hydroxylation is 2. The Morgan fingerprint density at radius 1 is 0.484 bits per heavy atom. The van der Waals surface area contributed by atoms with E-state index in [1.165, 1.54) is 72.8 Å². The van der Waals surface area contributed by atoms with Crippen molar-refractivity contribution in [3.63, 3.8) is 0 Å². The zero-order valence-corrected chi connectivity index (χ0v) is 37.3. The van der Waals surface area contributed by atoms with Crippen LogP contribution in [-0.4, -0.2) is 47.3 Å². The van der Waals surface area contributed by atoms with E-state index < -0.39 is 47.3 Å². The first-order valence-corrected chi connectivity index (χ1v) is 20.3. The molecular formula is C42H32Cl6N8O6. The molecule has 2 atom stereocenters. The second-order valence-electron chi connectivity index (χ2n) is 13.4. The molecule has 5 rings (SSSR count). The third kappa shape index (κ3) is 12.2. The van der Waals surface area contributed by atoms with Crippen molar-refractivity contribution in [1.82, 2.24) is 0 Å². The number of rotatable bonds is 14. The third-order valence-electron chi connectivity index (χ3n) is 8.65. The summed E-state index contributed by atoms with van der Waals surface area (Å²) in [4.78, 5) is 77.9. The predicted octanol–water partition coefficient (Wildman–Crippen LogP) is 12.1. The first-order chi connectivity index (χ1) is 29.3. The smallest absolute Gasteiger partial charge is 0.258 e. The number of hydrogen-bond donors (Lipinski definition) is 4. The maximum absolute atomic E-state index is 13.4. The number of amides is 4. The first-order valence-electron chi connectivity index (χ1n) is 18.0. The molecule has 0 spiro atoms. The van der Waals surface area contributed by atoms with E-state index in [0.29, 0.717) is 26.9 Å². The van der Waals surface area contributed by atoms with E-state index >= 15 is 0 Å². The number of azo groups is 2. The van der Waals surface area contributed by atoms with Crippen molar-refractivity contribution in [2.45, 2.75) is 39.8 Å². The van der Waals surface area contributed by atoms with Crippen LogP contribution in [0.15, 0.2) is 105 Å². The minimum absolute atomic E-state index is 0.00504. The zero-order chi connectivity index (χ0) is 45.4. The predicted molar refractivity (Wildman–Crippen MR) is 243 cm³/mol. The Hall–Kier alpha value is -5.74. The average Bonchev–Trinajstić information content (AvgIpc) is 3.20. The molecule has 0 bridgehead atoms. The highest BCUT2D eigenvalue weighted by atomic mass is 35.5. The topological polar surface area (TPSA) is 200 Å². The zero-order valence-electron chi connectivity index (χ0n) is 32.7. The van der Waals surface area contributed by atoms with E-state index in [-0.39, 0.29) is 59.7 Å². The maximum Gasteiger partial charge on any atom is 0.258 e. The summed E-state index contributed by atoms with van der Waals surface area (Å²) in [5, 5.41) is 28.0. The molecule has 5 aromatic rings. The molecule has 0 heterocycles. The van der Waals surface area contributed by atoms with Crippen LogP contribution in [0.4, 0.5) is 34.1 Å². The number of ketones is 2. The summed E-state index contributed by atoms with van der Waals surface area (Å²) in [7, 11) is 0. The fourth-order valence-electron chi connectivity index (χ4n) is 5.55. The number of benzene rings is 5. The lowest BCUT2D eigenvalue weighted by Gasteiger charge is -2.17. The monoisotopic (exact) mass is 954 g/mol. The summed E-state index contributed by atoms with van der Waals surface area (Å²) < 4.78 is 0. The van der Waals surface area contributed by atoms with Crippen molar-refractivity contribution in [3.8, 4) is 0 Å². The number of carbonyl (C=O) groups is 6. The van der Waals surface area contributed by atoms with Crippen LogP contribution in [0.1, 0.15) is 45.7 Å². The van der Waals surface area contributed by atoms with E-state index in [1.807, 2.05) is 0 Å². The van der Waals surface area contributed by atoms with Gasteiger partial charge in [-0.1, -0.05) is 69.6 Å². The number of nitrogens with one attached hydrogen (secondary N) is 4. The second kappa shape index (κ2) is 20.9. The van der Waals surface area contributed by atoms with Crippen molar-refractivity contribution < 1.29 is 28.8 Å². The molecule has 2 unspecified atom stereocenters. The Morgan fingerprint density at radius 2 is 0.871 bits per heavy atom. The molecule has 0 aliphatic heterocycles. The van der Waals surface area contributed by atoms with E-state index in [9.17, 15) is 28.8 Å². The van der Waals surface area contributed by atoms with Gasteiger partial charge in [0, 0.05) is 32.5 Å². The van der Waals surface area contributed by atoms with Gasteiger partial charge in [0.05, 0.1) is 31.5 Å². The van der Waals surface area contributed by atoms with Gasteiger partial charge in [-0.05, 0) is 124 Å². The molecule has 0 aliphatic carbocycles. The number of anilines is 4. The van der Waals surface area contributed by atoms with Gasteiger partial charge < -0.3 is 21.3 Å². The molecule has 4 N–H and O–H groups in total. The summed E-state index contributed by atoms with van der Waals surface area (Å²) in [6, 6.07) is 17.3. The van der Waals surface area contributed by atoms with Crippen LogP contribution in [0, 0.1) is 13.8 Å². The molecule has 0 fully saturated rings. The van der Waals surface area contributed by atoms with E-state index in [4.69, 9.17) is 69.6 Å². The Morgan fingerprint density at radius 3 is 1.27 bits per heavy atom. The summed E-state index contributed by atoms with van der Waals surface area (Å²) in [6.07, 6.45) is 0. The van der Waals surface area contributed by atoms with E-state index in [2.05, 4.69) is 41.7 Å². The summed E-state index contributed by atoms with van der Waals surface area (Å²) in [6.45, 7) is 5.60. The van der Waals surface area contributed by atoms with Gasteiger partial charge in [0.1, 0.15) is 11.4 Å². The maximum atomic E-state index is 13.4. The SMILES string of the molecule is CC(=O)C(N=Nc1cc(C(=O)Nc2cc(Cl)ccc2Cl)ccc1Cl)C(=O)Nc1cc(C)c(NC(=O)C(N=Nc2cc(C(=O)Nc3cc(Cl)ccc3Cl)ccc2Cl)C(C)=O)c(C)c1. The normalized spacial score (nSPS) is 12.2. The highest BCUT2D eigenvalue weighted by molar-refractivity contribution is 6.37. The van der Waals surface area contributed by atoms with Gasteiger partial charge in [0.15, 0.2) is 11.6 Å². The third-order valence-corrected chi connectivity index (χ3v) is 10.4. The largest absolute Gasteiger partial charge is 0.324 e. The lowest BCUT2D eigenvalue weighted by molar-refractivity contribution is -0.127. The van der Waals surface area contributed by atoms with Gasteiger partial charge in [0.2, 0.25) is 12.1 Å². The lowest BCUT2D eigenvalue weighted by atomic mass is 10.1. The van der Waals surface area contributed by atoms with E-state index in [0.717, 1.165) is 13.8 Å². The Kier molecular flexibility index (Phi) is 15.9. The van der Waals surface area contributed by atoms with Crippen LogP contribution in [0.5, 0.6) is 0 Å². The number of nitrogens with zero attached hydrogens (tertiary/aromatic N) is 4. The molecule has 62 heavy (non-hydrogen) atoms. The Balaban J connectivity index is 1.27. The van der Waals surface area contributed by atoms with Gasteiger partial charge in [-0.3, -0.25) is 28.8 Å². The van der Waals surface area contributed by atoms with Gasteiger partial charge in [-0.15, -0.1) is 0 Å². The van der Waals surface area contributed by atoms with Crippen LogP contribution in [-0.2, 0) is 19.2 Å². The highest BCUT2D eigenvalue weighted by Gasteiger charge is 2.27. The van der Waals surface area contributed by atoms with Crippen molar-refractivity contribution in [3.05, 3.63) is 137 Å². The van der Waals surface area contributed by atoms with Crippen molar-refractivity contribution in [1.29, 1.82) is 0 Å². The molecule has 0 aromatic heterocycles. The molecule has 0 aliphatic rings. The fourth-order valence-corrected chi connectivity index (χ4v) is 6.53. The number of halogens is 6. The molecule has 0 radical (unpaired) electrons. The molecular weight excluding hydrogens is 925 g/mol. The summed E-state index contributed by atoms with van der Waals surface area (Å²) in [5.41, 5.74) is 2.30. The van der Waals surface area contributed by atoms with Crippen LogP contribution >= 0.6 is 69.6 Å². The minimum Gasteiger partial charge on any atom is -0.324 e. The molecule has 0 saturated heterocycles. The fraction of sp³-hybridized carbons (Fsp3) is 0.143. The summed E-state index contributed by atoms with van der Waals surface area (Å²) >= 11 is 37.0. The Bertz CT molecular complexity index is 2690. The lowest BCUT2D eigenvalue weighted by Crippen LogP contribution is -2.33. The number of hydrogen-bond acceptors (Lipinski definition) is 10. The number of carbonyl (C=O) groups excluding carboxylic acids is 6. The van der Waals surface area contributed by atoms with Crippen molar-refractivity contribution in [2.75, 3.05) is 21.3 Å². The van der Waals surface area contributed by atoms with Gasteiger partial charge >= 0.3 is 0 Å². The van der Waals surface area contributed by atoms with Crippen molar-refractivity contribution >= 4 is 139 Å². The van der Waals surface area contributed by atoms with Gasteiger partial charge in [-0.25, -0.2) is 0 Å². The first kappa shape index (κ1) is 47.3. The molecule has 5 aromatic carbocycles. The quantitative estimate of drug-likeness (QED) is 0.0630. The average molecular weight is 957 g/mol. The van der Waals surface area contributed by atoms with Crippen LogP contribution in [0.2, 0.25) is 30.1 Å². The molecule has 20 heteroatoms. The molecule has 0 saturated carbocycles. The van der Waals surface area contributed by atoms with Gasteiger partial charge in [-0.2, -0.15) is 20.5 Å². The highest BCUT2D eigenvalue weighted by Crippen LogP contribution is 2.32. The molecule has 14 nitrogen and oxygen atoms in total. The van der Waals surface area contributed by atoms with Gasteiger partial charge in [0.25, 0.3) is 23.6 Å². The van der Waals surface area contributed by atoms with Crippen LogP contribution in [0.3, 0.4) is 0 Å². The number of Topliss-reactive ketones (excluding diaryl/α,β-unsaturated/α-hetero) is 2. The van der Waals surface area contributed by atoms with E-state index in [1.54, 1.807) is 26.0 Å².